The molecule has 0 atom stereocenters. The van der Waals surface area contributed by atoms with Gasteiger partial charge in [0.1, 0.15) is 11.6 Å². The molecule has 1 aromatic rings. The number of pyridine rings is 1. The van der Waals surface area contributed by atoms with E-state index < -0.39 is 0 Å². The fraction of sp³-hybridized carbons (Fsp3) is 0.643. The predicted molar refractivity (Wildman–Crippen MR) is 72.2 cm³/mol. The van der Waals surface area contributed by atoms with Gasteiger partial charge in [-0.05, 0) is 31.9 Å². The molecule has 100 valence electrons. The molecule has 18 heavy (non-hydrogen) atoms. The second-order valence-electron chi connectivity index (χ2n) is 5.44. The van der Waals surface area contributed by atoms with Gasteiger partial charge in [0.25, 0.3) is 0 Å². The zero-order chi connectivity index (χ0) is 13.1. The molecule has 0 bridgehead atoms. The smallest absolute Gasteiger partial charge is 0.141 e. The lowest BCUT2D eigenvalue weighted by Crippen LogP contribution is -2.32. The van der Waals surface area contributed by atoms with Crippen molar-refractivity contribution < 1.29 is 4.39 Å². The van der Waals surface area contributed by atoms with Crippen LogP contribution in [0.2, 0.25) is 0 Å². The predicted octanol–water partition coefficient (Wildman–Crippen LogP) is 2.56. The maximum Gasteiger partial charge on any atom is 0.141 e. The van der Waals surface area contributed by atoms with E-state index in [1.165, 1.54) is 19.0 Å². The summed E-state index contributed by atoms with van der Waals surface area (Å²) in [4.78, 5) is 6.67. The molecule has 0 aliphatic heterocycles. The first-order chi connectivity index (χ1) is 8.61. The maximum absolute atomic E-state index is 13.3. The molecule has 1 heterocycles. The van der Waals surface area contributed by atoms with E-state index in [0.29, 0.717) is 18.5 Å². The van der Waals surface area contributed by atoms with Gasteiger partial charge in [-0.1, -0.05) is 13.8 Å². The first kappa shape index (κ1) is 13.3. The number of rotatable bonds is 6. The Hall–Kier alpha value is -1.16. The summed E-state index contributed by atoms with van der Waals surface area (Å²) in [7, 11) is 1.87. The first-order valence-corrected chi connectivity index (χ1v) is 6.67. The average Bonchev–Trinajstić information content (AvgIpc) is 3.11. The summed E-state index contributed by atoms with van der Waals surface area (Å²) in [5, 5.41) is 3.09. The molecule has 0 unspecified atom stereocenters. The Balaban J connectivity index is 2.27. The van der Waals surface area contributed by atoms with Gasteiger partial charge in [-0.15, -0.1) is 0 Å². The highest BCUT2D eigenvalue weighted by molar-refractivity contribution is 5.49. The lowest BCUT2D eigenvalue weighted by atomic mass is 10.1. The molecule has 1 saturated carbocycles. The minimum Gasteiger partial charge on any atom is -0.353 e. The fourth-order valence-electron chi connectivity index (χ4n) is 2.24. The van der Waals surface area contributed by atoms with Crippen LogP contribution < -0.4 is 10.2 Å². The van der Waals surface area contributed by atoms with Gasteiger partial charge in [-0.25, -0.2) is 9.37 Å². The number of anilines is 1. The monoisotopic (exact) mass is 251 g/mol. The van der Waals surface area contributed by atoms with Crippen molar-refractivity contribution in [3.8, 4) is 0 Å². The van der Waals surface area contributed by atoms with E-state index in [1.54, 1.807) is 6.07 Å². The normalized spacial score (nSPS) is 15.2. The number of hydrogen-bond donors (Lipinski definition) is 1. The van der Waals surface area contributed by atoms with Gasteiger partial charge in [0.15, 0.2) is 0 Å². The molecule has 4 heteroatoms. The van der Waals surface area contributed by atoms with Crippen molar-refractivity contribution >= 4 is 5.82 Å². The second kappa shape index (κ2) is 5.65. The number of halogens is 1. The Bertz CT molecular complexity index is 402. The molecule has 0 aromatic carbocycles. The highest BCUT2D eigenvalue weighted by Crippen LogP contribution is 2.33. The summed E-state index contributed by atoms with van der Waals surface area (Å²) in [5.74, 6) is 1.27. The topological polar surface area (TPSA) is 28.2 Å². The molecule has 1 N–H and O–H groups in total. The number of hydrogen-bond acceptors (Lipinski definition) is 3. The van der Waals surface area contributed by atoms with Crippen LogP contribution in [0.3, 0.4) is 0 Å². The van der Waals surface area contributed by atoms with Crippen LogP contribution in [0.1, 0.15) is 32.3 Å². The Labute approximate surface area is 108 Å². The number of nitrogens with one attached hydrogen (secondary N) is 1. The molecular weight excluding hydrogens is 229 g/mol. The van der Waals surface area contributed by atoms with Gasteiger partial charge in [0.2, 0.25) is 0 Å². The molecular formula is C14H22FN3. The lowest BCUT2D eigenvalue weighted by molar-refractivity contribution is 0.590. The standard InChI is InChI=1S/C14H22FN3/c1-10(2)9-18(13-4-5-13)14-11(7-16-3)6-12(15)8-17-14/h6,8,10,13,16H,4-5,7,9H2,1-3H3. The van der Waals surface area contributed by atoms with Crippen LogP contribution in [-0.4, -0.2) is 24.6 Å². The summed E-state index contributed by atoms with van der Waals surface area (Å²) >= 11 is 0. The number of nitrogens with zero attached hydrogens (tertiary/aromatic N) is 2. The third-order valence-electron chi connectivity index (χ3n) is 3.10. The van der Waals surface area contributed by atoms with E-state index in [0.717, 1.165) is 17.9 Å². The lowest BCUT2D eigenvalue weighted by Gasteiger charge is -2.27. The highest BCUT2D eigenvalue weighted by Gasteiger charge is 2.31. The molecule has 1 aliphatic carbocycles. The molecule has 0 saturated heterocycles. The molecule has 1 aromatic heterocycles. The van der Waals surface area contributed by atoms with Gasteiger partial charge in [-0.3, -0.25) is 0 Å². The maximum atomic E-state index is 13.3. The third kappa shape index (κ3) is 3.19. The van der Waals surface area contributed by atoms with E-state index in [1.807, 2.05) is 7.05 Å². The van der Waals surface area contributed by atoms with E-state index in [9.17, 15) is 4.39 Å². The van der Waals surface area contributed by atoms with Crippen molar-refractivity contribution in [3.05, 3.63) is 23.6 Å². The van der Waals surface area contributed by atoms with Gasteiger partial charge >= 0.3 is 0 Å². The van der Waals surface area contributed by atoms with Gasteiger partial charge < -0.3 is 10.2 Å². The van der Waals surface area contributed by atoms with Crippen molar-refractivity contribution in [3.63, 3.8) is 0 Å². The second-order valence-corrected chi connectivity index (χ2v) is 5.44. The van der Waals surface area contributed by atoms with Crippen LogP contribution in [0.15, 0.2) is 12.3 Å². The van der Waals surface area contributed by atoms with E-state index in [2.05, 4.69) is 29.0 Å². The Kier molecular flexibility index (Phi) is 4.17. The van der Waals surface area contributed by atoms with Crippen LogP contribution in [-0.2, 0) is 6.54 Å². The van der Waals surface area contributed by atoms with Crippen molar-refractivity contribution in [1.82, 2.24) is 10.3 Å². The minimum absolute atomic E-state index is 0.260. The van der Waals surface area contributed by atoms with Crippen LogP contribution in [0.25, 0.3) is 0 Å². The van der Waals surface area contributed by atoms with Crippen LogP contribution >= 0.6 is 0 Å². The zero-order valence-corrected chi connectivity index (χ0v) is 11.4. The fourth-order valence-corrected chi connectivity index (χ4v) is 2.24. The first-order valence-electron chi connectivity index (χ1n) is 6.67. The summed E-state index contributed by atoms with van der Waals surface area (Å²) in [6.45, 7) is 6.05. The van der Waals surface area contributed by atoms with Crippen LogP contribution in [0.4, 0.5) is 10.2 Å². The molecule has 3 nitrogen and oxygen atoms in total. The van der Waals surface area contributed by atoms with E-state index >= 15 is 0 Å². The van der Waals surface area contributed by atoms with Crippen molar-refractivity contribution in [2.75, 3.05) is 18.5 Å². The van der Waals surface area contributed by atoms with E-state index in [4.69, 9.17) is 0 Å². The van der Waals surface area contributed by atoms with Gasteiger partial charge in [0, 0.05) is 24.7 Å². The zero-order valence-electron chi connectivity index (χ0n) is 11.4. The molecule has 1 aliphatic rings. The Morgan fingerprint density at radius 2 is 2.22 bits per heavy atom. The van der Waals surface area contributed by atoms with Crippen LogP contribution in [0, 0.1) is 11.7 Å². The molecule has 0 spiro atoms. The quantitative estimate of drug-likeness (QED) is 0.842. The van der Waals surface area contributed by atoms with E-state index in [-0.39, 0.29) is 5.82 Å². The number of aromatic nitrogens is 1. The van der Waals surface area contributed by atoms with Gasteiger partial charge in [-0.2, -0.15) is 0 Å². The van der Waals surface area contributed by atoms with Crippen molar-refractivity contribution in [2.24, 2.45) is 5.92 Å². The average molecular weight is 251 g/mol. The molecule has 0 radical (unpaired) electrons. The molecule has 2 rings (SSSR count). The SMILES string of the molecule is CNCc1cc(F)cnc1N(CC(C)C)C1CC1. The Morgan fingerprint density at radius 1 is 1.50 bits per heavy atom. The third-order valence-corrected chi connectivity index (χ3v) is 3.10. The largest absolute Gasteiger partial charge is 0.353 e. The summed E-state index contributed by atoms with van der Waals surface area (Å²) in [6.07, 6.45) is 3.78. The van der Waals surface area contributed by atoms with Crippen molar-refractivity contribution in [1.29, 1.82) is 0 Å². The summed E-state index contributed by atoms with van der Waals surface area (Å²) < 4.78 is 13.3. The Morgan fingerprint density at radius 3 is 2.78 bits per heavy atom. The highest BCUT2D eigenvalue weighted by atomic mass is 19.1. The molecule has 1 fully saturated rings. The minimum atomic E-state index is -0.260. The van der Waals surface area contributed by atoms with Crippen LogP contribution in [0.5, 0.6) is 0 Å². The molecule has 0 amide bonds. The summed E-state index contributed by atoms with van der Waals surface area (Å²) in [5.41, 5.74) is 0.949. The summed E-state index contributed by atoms with van der Waals surface area (Å²) in [6, 6.07) is 2.19. The van der Waals surface area contributed by atoms with Crippen molar-refractivity contribution in [2.45, 2.75) is 39.3 Å². The van der Waals surface area contributed by atoms with Gasteiger partial charge in [0.05, 0.1) is 6.20 Å².